The summed E-state index contributed by atoms with van der Waals surface area (Å²) in [4.78, 5) is 27.3. The van der Waals surface area contributed by atoms with Crippen molar-refractivity contribution < 1.29 is 14.7 Å². The highest BCUT2D eigenvalue weighted by Gasteiger charge is 2.09. The van der Waals surface area contributed by atoms with E-state index in [1.54, 1.807) is 12.1 Å². The average Bonchev–Trinajstić information content (AvgIpc) is 3.08. The highest BCUT2D eigenvalue weighted by molar-refractivity contribution is 5.95. The Hall–Kier alpha value is -3.15. The van der Waals surface area contributed by atoms with Crippen LogP contribution in [-0.4, -0.2) is 32.9 Å². The first-order chi connectivity index (χ1) is 12.6. The number of imidazole rings is 1. The van der Waals surface area contributed by atoms with Gasteiger partial charge in [-0.25, -0.2) is 4.98 Å². The molecular formula is C20H21N3O3. The number of hydrogen-bond acceptors (Lipinski definition) is 3. The molecule has 6 heteroatoms. The third-order valence-electron chi connectivity index (χ3n) is 4.14. The Morgan fingerprint density at radius 1 is 1.08 bits per heavy atom. The Balaban J connectivity index is 1.60. The molecule has 134 valence electrons. The maximum atomic E-state index is 12.3. The zero-order chi connectivity index (χ0) is 18.4. The summed E-state index contributed by atoms with van der Waals surface area (Å²) >= 11 is 0. The van der Waals surface area contributed by atoms with Gasteiger partial charge in [0.2, 0.25) is 0 Å². The highest BCUT2D eigenvalue weighted by Crippen LogP contribution is 2.19. The maximum Gasteiger partial charge on any atom is 0.303 e. The zero-order valence-corrected chi connectivity index (χ0v) is 14.4. The van der Waals surface area contributed by atoms with Crippen LogP contribution in [-0.2, 0) is 4.79 Å². The first-order valence-corrected chi connectivity index (χ1v) is 8.67. The number of carboxylic acid groups (broad SMARTS) is 1. The van der Waals surface area contributed by atoms with Gasteiger partial charge in [-0.05, 0) is 25.0 Å². The monoisotopic (exact) mass is 351 g/mol. The number of pyridine rings is 1. The van der Waals surface area contributed by atoms with Gasteiger partial charge in [-0.15, -0.1) is 0 Å². The number of carboxylic acids is 1. The van der Waals surface area contributed by atoms with Gasteiger partial charge in [0.05, 0.1) is 5.69 Å². The minimum Gasteiger partial charge on any atom is -0.481 e. The summed E-state index contributed by atoms with van der Waals surface area (Å²) in [5.41, 5.74) is 3.18. The van der Waals surface area contributed by atoms with E-state index < -0.39 is 5.97 Å². The molecule has 0 unspecified atom stereocenters. The van der Waals surface area contributed by atoms with Crippen LogP contribution in [0, 0.1) is 0 Å². The highest BCUT2D eigenvalue weighted by atomic mass is 16.4. The second kappa shape index (κ2) is 8.29. The van der Waals surface area contributed by atoms with Crippen LogP contribution < -0.4 is 5.32 Å². The number of hydrogen-bond donors (Lipinski definition) is 2. The Labute approximate surface area is 151 Å². The number of aromatic nitrogens is 2. The molecule has 3 aromatic rings. The number of nitrogens with zero attached hydrogens (tertiary/aromatic N) is 2. The van der Waals surface area contributed by atoms with Crippen LogP contribution in [0.2, 0.25) is 0 Å². The normalized spacial score (nSPS) is 10.8. The molecule has 1 amide bonds. The first-order valence-electron chi connectivity index (χ1n) is 8.67. The molecule has 1 aromatic carbocycles. The summed E-state index contributed by atoms with van der Waals surface area (Å²) in [6.07, 6.45) is 6.13. The van der Waals surface area contributed by atoms with Crippen molar-refractivity contribution >= 4 is 17.5 Å². The number of unbranched alkanes of at least 4 members (excludes halogenated alkanes) is 2. The first kappa shape index (κ1) is 17.7. The lowest BCUT2D eigenvalue weighted by molar-refractivity contribution is -0.137. The number of carbonyl (C=O) groups excluding carboxylic acids is 1. The van der Waals surface area contributed by atoms with E-state index in [4.69, 9.17) is 5.11 Å². The molecule has 2 aromatic heterocycles. The number of amides is 1. The van der Waals surface area contributed by atoms with Gasteiger partial charge in [0.15, 0.2) is 0 Å². The number of fused-ring (bicyclic) bond motifs is 1. The van der Waals surface area contributed by atoms with Crippen molar-refractivity contribution in [3.63, 3.8) is 0 Å². The van der Waals surface area contributed by atoms with E-state index in [0.717, 1.165) is 29.7 Å². The summed E-state index contributed by atoms with van der Waals surface area (Å²) in [7, 11) is 0. The fraction of sp³-hybridized carbons (Fsp3) is 0.250. The molecule has 2 heterocycles. The van der Waals surface area contributed by atoms with Gasteiger partial charge >= 0.3 is 5.97 Å². The lowest BCUT2D eigenvalue weighted by atomic mass is 10.2. The predicted molar refractivity (Wildman–Crippen MR) is 99.1 cm³/mol. The maximum absolute atomic E-state index is 12.3. The second-order valence-corrected chi connectivity index (χ2v) is 6.13. The topological polar surface area (TPSA) is 83.7 Å². The fourth-order valence-corrected chi connectivity index (χ4v) is 2.75. The largest absolute Gasteiger partial charge is 0.481 e. The van der Waals surface area contributed by atoms with Crippen molar-refractivity contribution in [2.45, 2.75) is 25.7 Å². The molecule has 0 atom stereocenters. The van der Waals surface area contributed by atoms with Crippen molar-refractivity contribution in [3.8, 4) is 11.3 Å². The molecule has 26 heavy (non-hydrogen) atoms. The van der Waals surface area contributed by atoms with E-state index in [2.05, 4.69) is 10.3 Å². The van der Waals surface area contributed by atoms with E-state index in [-0.39, 0.29) is 12.3 Å². The van der Waals surface area contributed by atoms with Gasteiger partial charge in [-0.1, -0.05) is 36.8 Å². The van der Waals surface area contributed by atoms with Crippen LogP contribution in [0.15, 0.2) is 54.9 Å². The molecule has 0 fully saturated rings. The van der Waals surface area contributed by atoms with Crippen molar-refractivity contribution in [3.05, 3.63) is 60.4 Å². The Morgan fingerprint density at radius 2 is 1.88 bits per heavy atom. The minimum atomic E-state index is -0.781. The van der Waals surface area contributed by atoms with Gasteiger partial charge in [0, 0.05) is 36.5 Å². The van der Waals surface area contributed by atoms with E-state index in [1.165, 1.54) is 0 Å². The number of nitrogens with one attached hydrogen (secondary N) is 1. The van der Waals surface area contributed by atoms with Crippen LogP contribution in [0.5, 0.6) is 0 Å². The van der Waals surface area contributed by atoms with Crippen molar-refractivity contribution in [2.24, 2.45) is 0 Å². The molecule has 0 spiro atoms. The van der Waals surface area contributed by atoms with Crippen LogP contribution in [0.1, 0.15) is 36.0 Å². The van der Waals surface area contributed by atoms with Crippen molar-refractivity contribution in [1.29, 1.82) is 0 Å². The second-order valence-electron chi connectivity index (χ2n) is 6.13. The van der Waals surface area contributed by atoms with Gasteiger partial charge in [-0.2, -0.15) is 0 Å². The third-order valence-corrected chi connectivity index (χ3v) is 4.14. The number of carbonyl (C=O) groups is 2. The Bertz CT molecular complexity index is 903. The molecule has 0 bridgehead atoms. The number of benzene rings is 1. The van der Waals surface area contributed by atoms with Crippen molar-refractivity contribution in [1.82, 2.24) is 14.7 Å². The summed E-state index contributed by atoms with van der Waals surface area (Å²) in [6.45, 7) is 0.535. The quantitative estimate of drug-likeness (QED) is 0.610. The molecule has 0 aliphatic rings. The van der Waals surface area contributed by atoms with Crippen LogP contribution in [0.4, 0.5) is 0 Å². The smallest absolute Gasteiger partial charge is 0.303 e. The predicted octanol–water partition coefficient (Wildman–Crippen LogP) is 3.38. The number of rotatable bonds is 8. The summed E-state index contributed by atoms with van der Waals surface area (Å²) in [5, 5.41) is 11.5. The average molecular weight is 351 g/mol. The molecule has 0 radical (unpaired) electrons. The van der Waals surface area contributed by atoms with E-state index in [0.29, 0.717) is 18.5 Å². The van der Waals surface area contributed by atoms with E-state index >= 15 is 0 Å². The fourth-order valence-electron chi connectivity index (χ4n) is 2.75. The molecule has 3 rings (SSSR count). The lowest BCUT2D eigenvalue weighted by Gasteiger charge is -2.05. The summed E-state index contributed by atoms with van der Waals surface area (Å²) in [5.74, 6) is -0.924. The Morgan fingerprint density at radius 3 is 2.65 bits per heavy atom. The van der Waals surface area contributed by atoms with Crippen LogP contribution >= 0.6 is 0 Å². The van der Waals surface area contributed by atoms with Gasteiger partial charge in [-0.3, -0.25) is 9.59 Å². The molecule has 0 saturated heterocycles. The minimum absolute atomic E-state index is 0.144. The molecule has 2 N–H and O–H groups in total. The van der Waals surface area contributed by atoms with Gasteiger partial charge < -0.3 is 14.8 Å². The van der Waals surface area contributed by atoms with Crippen molar-refractivity contribution in [2.75, 3.05) is 6.54 Å². The number of aliphatic carboxylic acids is 1. The molecule has 0 aliphatic carbocycles. The molecular weight excluding hydrogens is 330 g/mol. The molecule has 0 aliphatic heterocycles. The zero-order valence-electron chi connectivity index (χ0n) is 14.4. The van der Waals surface area contributed by atoms with E-state index in [9.17, 15) is 9.59 Å². The van der Waals surface area contributed by atoms with E-state index in [1.807, 2.05) is 47.1 Å². The van der Waals surface area contributed by atoms with Crippen LogP contribution in [0.3, 0.4) is 0 Å². The SMILES string of the molecule is O=C(O)CCCCCNC(=O)c1ccn2cc(-c3ccccc3)nc2c1. The third kappa shape index (κ3) is 4.47. The van der Waals surface area contributed by atoms with Crippen LogP contribution in [0.25, 0.3) is 16.9 Å². The summed E-state index contributed by atoms with van der Waals surface area (Å²) in [6, 6.07) is 13.4. The Kier molecular flexibility index (Phi) is 5.63. The molecule has 6 nitrogen and oxygen atoms in total. The summed E-state index contributed by atoms with van der Waals surface area (Å²) < 4.78 is 1.89. The van der Waals surface area contributed by atoms with Gasteiger partial charge in [0.1, 0.15) is 5.65 Å². The van der Waals surface area contributed by atoms with Gasteiger partial charge in [0.25, 0.3) is 5.91 Å². The lowest BCUT2D eigenvalue weighted by Crippen LogP contribution is -2.24. The molecule has 0 saturated carbocycles. The standard InChI is InChI=1S/C20H21N3O3/c24-19(25)9-5-2-6-11-21-20(26)16-10-12-23-14-17(22-18(23)13-16)15-7-3-1-4-8-15/h1,3-4,7-8,10,12-14H,2,5-6,9,11H2,(H,21,26)(H,24,25).